The number of hydrogen-bond donors (Lipinski definition) is 1. The number of nitrogens with zero attached hydrogens (tertiary/aromatic N) is 1. The Hall–Kier alpha value is -0.930. The number of benzene rings is 1. The molecule has 2 N–H and O–H groups in total. The number of likely N-dealkylation sites (tertiary alicyclic amines) is 1. The van der Waals surface area contributed by atoms with Crippen LogP contribution in [0, 0.1) is 17.7 Å². The summed E-state index contributed by atoms with van der Waals surface area (Å²) in [5.74, 6) is 1.27. The summed E-state index contributed by atoms with van der Waals surface area (Å²) in [6.07, 6.45) is 4.66. The van der Waals surface area contributed by atoms with Crippen LogP contribution in [0.4, 0.5) is 4.39 Å². The van der Waals surface area contributed by atoms with Gasteiger partial charge in [-0.15, -0.1) is 0 Å². The van der Waals surface area contributed by atoms with Crippen molar-refractivity contribution in [2.45, 2.75) is 44.7 Å². The smallest absolute Gasteiger partial charge is 0.127 e. The number of nitrogens with two attached hydrogens (primary N) is 1. The molecule has 3 heteroatoms. The first-order chi connectivity index (χ1) is 9.70. The molecule has 1 aliphatic carbocycles. The van der Waals surface area contributed by atoms with Gasteiger partial charge in [0, 0.05) is 30.7 Å². The van der Waals surface area contributed by atoms with Gasteiger partial charge in [-0.05, 0) is 37.2 Å². The second-order valence-corrected chi connectivity index (χ2v) is 6.42. The molecular weight excluding hydrogens is 251 g/mol. The van der Waals surface area contributed by atoms with E-state index in [2.05, 4.69) is 11.8 Å². The summed E-state index contributed by atoms with van der Waals surface area (Å²) in [6.45, 7) is 4.28. The molecule has 1 saturated carbocycles. The molecule has 0 radical (unpaired) electrons. The third-order valence-electron chi connectivity index (χ3n) is 5.27. The monoisotopic (exact) mass is 276 g/mol. The fourth-order valence-electron chi connectivity index (χ4n) is 4.23. The molecule has 1 heterocycles. The third kappa shape index (κ3) is 2.49. The number of fused-ring (bicyclic) bond motifs is 1. The van der Waals surface area contributed by atoms with Gasteiger partial charge < -0.3 is 5.73 Å². The third-order valence-corrected chi connectivity index (χ3v) is 5.27. The molecule has 110 valence electrons. The van der Waals surface area contributed by atoms with Gasteiger partial charge in [-0.2, -0.15) is 0 Å². The topological polar surface area (TPSA) is 29.3 Å². The Morgan fingerprint density at radius 3 is 2.80 bits per heavy atom. The molecule has 1 saturated heterocycles. The molecular formula is C17H25FN2. The van der Waals surface area contributed by atoms with Gasteiger partial charge in [0.25, 0.3) is 0 Å². The molecule has 1 aliphatic heterocycles. The van der Waals surface area contributed by atoms with Crippen LogP contribution in [0.5, 0.6) is 0 Å². The van der Waals surface area contributed by atoms with Crippen molar-refractivity contribution in [3.05, 3.63) is 35.6 Å². The number of hydrogen-bond acceptors (Lipinski definition) is 2. The normalized spacial score (nSPS) is 32.0. The predicted octanol–water partition coefficient (Wildman–Crippen LogP) is 3.34. The van der Waals surface area contributed by atoms with Crippen molar-refractivity contribution in [1.29, 1.82) is 0 Å². The van der Waals surface area contributed by atoms with Crippen molar-refractivity contribution in [2.75, 3.05) is 13.1 Å². The van der Waals surface area contributed by atoms with Crippen LogP contribution in [0.25, 0.3) is 0 Å². The maximum absolute atomic E-state index is 14.1. The highest BCUT2D eigenvalue weighted by Crippen LogP contribution is 2.40. The van der Waals surface area contributed by atoms with Crippen molar-refractivity contribution in [1.82, 2.24) is 4.90 Å². The van der Waals surface area contributed by atoms with Crippen molar-refractivity contribution < 1.29 is 4.39 Å². The van der Waals surface area contributed by atoms with E-state index < -0.39 is 0 Å². The molecule has 0 amide bonds. The van der Waals surface area contributed by atoms with Gasteiger partial charge in [0.2, 0.25) is 0 Å². The minimum atomic E-state index is -0.0708. The standard InChI is InChI=1S/C17H25FN2/c1-2-17(13-7-3-4-8-15(13)18)20-10-12-6-5-9-16(19)14(12)11-20/h3-4,7-8,12,14,16-17H,2,5-6,9-11,19H2,1H3. The molecule has 2 aliphatic rings. The second kappa shape index (κ2) is 5.82. The molecule has 0 bridgehead atoms. The van der Waals surface area contributed by atoms with Crippen molar-refractivity contribution in [3.63, 3.8) is 0 Å². The lowest BCUT2D eigenvalue weighted by Crippen LogP contribution is -2.38. The first kappa shape index (κ1) is 14.0. The van der Waals surface area contributed by atoms with E-state index in [1.54, 1.807) is 12.1 Å². The van der Waals surface area contributed by atoms with E-state index in [-0.39, 0.29) is 11.9 Å². The maximum Gasteiger partial charge on any atom is 0.127 e. The van der Waals surface area contributed by atoms with Crippen LogP contribution in [0.15, 0.2) is 24.3 Å². The molecule has 0 spiro atoms. The average molecular weight is 276 g/mol. The van der Waals surface area contributed by atoms with Crippen LogP contribution >= 0.6 is 0 Å². The molecule has 0 aromatic heterocycles. The van der Waals surface area contributed by atoms with E-state index in [0.29, 0.717) is 12.0 Å². The minimum Gasteiger partial charge on any atom is -0.327 e. The number of rotatable bonds is 3. The lowest BCUT2D eigenvalue weighted by molar-refractivity contribution is 0.220. The largest absolute Gasteiger partial charge is 0.327 e. The summed E-state index contributed by atoms with van der Waals surface area (Å²) in [7, 11) is 0. The molecule has 1 aromatic rings. The van der Waals surface area contributed by atoms with Crippen LogP contribution in [0.1, 0.15) is 44.2 Å². The van der Waals surface area contributed by atoms with Crippen LogP contribution in [-0.4, -0.2) is 24.0 Å². The van der Waals surface area contributed by atoms with E-state index in [4.69, 9.17) is 5.73 Å². The Morgan fingerprint density at radius 2 is 2.10 bits per heavy atom. The van der Waals surface area contributed by atoms with E-state index in [0.717, 1.165) is 37.4 Å². The lowest BCUT2D eigenvalue weighted by Gasteiger charge is -2.30. The summed E-state index contributed by atoms with van der Waals surface area (Å²) in [5, 5.41) is 0. The fraction of sp³-hybridized carbons (Fsp3) is 0.647. The van der Waals surface area contributed by atoms with Gasteiger partial charge in [0.1, 0.15) is 5.82 Å². The Balaban J connectivity index is 1.80. The van der Waals surface area contributed by atoms with Crippen molar-refractivity contribution in [2.24, 2.45) is 17.6 Å². The zero-order valence-corrected chi connectivity index (χ0v) is 12.3. The van der Waals surface area contributed by atoms with E-state index in [1.807, 2.05) is 12.1 Å². The summed E-state index contributed by atoms with van der Waals surface area (Å²) < 4.78 is 14.1. The Bertz CT molecular complexity index is 462. The first-order valence-corrected chi connectivity index (χ1v) is 7.94. The van der Waals surface area contributed by atoms with Crippen LogP contribution < -0.4 is 5.73 Å². The quantitative estimate of drug-likeness (QED) is 0.917. The fourth-order valence-corrected chi connectivity index (χ4v) is 4.23. The Morgan fingerprint density at radius 1 is 1.30 bits per heavy atom. The van der Waals surface area contributed by atoms with Crippen LogP contribution in [0.3, 0.4) is 0 Å². The van der Waals surface area contributed by atoms with Gasteiger partial charge in [0.15, 0.2) is 0 Å². The average Bonchev–Trinajstić information content (AvgIpc) is 2.87. The summed E-state index contributed by atoms with van der Waals surface area (Å²) in [5.41, 5.74) is 7.14. The van der Waals surface area contributed by atoms with E-state index in [9.17, 15) is 4.39 Å². The molecule has 20 heavy (non-hydrogen) atoms. The number of halogens is 1. The molecule has 4 unspecified atom stereocenters. The van der Waals surface area contributed by atoms with Gasteiger partial charge in [-0.3, -0.25) is 4.90 Å². The van der Waals surface area contributed by atoms with Gasteiger partial charge in [0.05, 0.1) is 0 Å². The van der Waals surface area contributed by atoms with Crippen LogP contribution in [-0.2, 0) is 0 Å². The lowest BCUT2D eigenvalue weighted by atomic mass is 9.78. The highest BCUT2D eigenvalue weighted by atomic mass is 19.1. The second-order valence-electron chi connectivity index (χ2n) is 6.42. The van der Waals surface area contributed by atoms with Gasteiger partial charge in [-0.1, -0.05) is 31.5 Å². The van der Waals surface area contributed by atoms with Crippen molar-refractivity contribution >= 4 is 0 Å². The van der Waals surface area contributed by atoms with Crippen molar-refractivity contribution in [3.8, 4) is 0 Å². The SMILES string of the molecule is CCC(c1ccccc1F)N1CC2CCCC(N)C2C1. The molecule has 3 rings (SSSR count). The highest BCUT2D eigenvalue weighted by molar-refractivity contribution is 5.21. The first-order valence-electron chi connectivity index (χ1n) is 7.94. The van der Waals surface area contributed by atoms with Crippen LogP contribution in [0.2, 0.25) is 0 Å². The molecule has 2 nitrogen and oxygen atoms in total. The summed E-state index contributed by atoms with van der Waals surface area (Å²) >= 11 is 0. The predicted molar refractivity (Wildman–Crippen MR) is 79.8 cm³/mol. The highest BCUT2D eigenvalue weighted by Gasteiger charge is 2.41. The molecule has 4 atom stereocenters. The summed E-state index contributed by atoms with van der Waals surface area (Å²) in [4.78, 5) is 2.47. The van der Waals surface area contributed by atoms with Gasteiger partial charge in [-0.25, -0.2) is 4.39 Å². The minimum absolute atomic E-state index is 0.0708. The summed E-state index contributed by atoms with van der Waals surface area (Å²) in [6, 6.07) is 7.77. The Labute approximate surface area is 121 Å². The van der Waals surface area contributed by atoms with E-state index >= 15 is 0 Å². The Kier molecular flexibility index (Phi) is 4.08. The molecule has 1 aromatic carbocycles. The van der Waals surface area contributed by atoms with Gasteiger partial charge >= 0.3 is 0 Å². The van der Waals surface area contributed by atoms with E-state index in [1.165, 1.54) is 12.8 Å². The zero-order chi connectivity index (χ0) is 14.1. The maximum atomic E-state index is 14.1. The molecule has 2 fully saturated rings. The zero-order valence-electron chi connectivity index (χ0n) is 12.3.